The van der Waals surface area contributed by atoms with E-state index in [2.05, 4.69) is 10.6 Å². The molecule has 0 bridgehead atoms. The zero-order chi connectivity index (χ0) is 15.9. The van der Waals surface area contributed by atoms with Gasteiger partial charge in [0.2, 0.25) is 0 Å². The van der Waals surface area contributed by atoms with Gasteiger partial charge in [0.05, 0.1) is 10.9 Å². The van der Waals surface area contributed by atoms with Crippen LogP contribution in [0.5, 0.6) is 0 Å². The molecule has 2 aromatic rings. The SMILES string of the molecule is Cc1ccc2c(=O)c(C=C3C(=O)NC(=S)NC3=O)coc2c1. The summed E-state index contributed by atoms with van der Waals surface area (Å²) in [5.41, 5.74) is 1.01. The first-order valence-electron chi connectivity index (χ1n) is 6.36. The summed E-state index contributed by atoms with van der Waals surface area (Å²) in [5, 5.41) is 4.93. The van der Waals surface area contributed by atoms with Gasteiger partial charge >= 0.3 is 0 Å². The third-order valence-corrected chi connectivity index (χ3v) is 3.40. The third kappa shape index (κ3) is 2.42. The van der Waals surface area contributed by atoms with Crippen molar-refractivity contribution in [2.75, 3.05) is 0 Å². The minimum atomic E-state index is -0.655. The fourth-order valence-corrected chi connectivity index (χ4v) is 2.30. The van der Waals surface area contributed by atoms with E-state index in [9.17, 15) is 14.4 Å². The lowest BCUT2D eigenvalue weighted by Gasteiger charge is -2.16. The summed E-state index contributed by atoms with van der Waals surface area (Å²) < 4.78 is 5.40. The second-order valence-corrected chi connectivity index (χ2v) is 5.22. The van der Waals surface area contributed by atoms with E-state index in [4.69, 9.17) is 16.6 Å². The lowest BCUT2D eigenvalue weighted by atomic mass is 10.1. The Bertz CT molecular complexity index is 905. The number of rotatable bonds is 1. The molecule has 7 heteroatoms. The van der Waals surface area contributed by atoms with Crippen molar-refractivity contribution in [1.82, 2.24) is 10.6 Å². The van der Waals surface area contributed by atoms with Crippen LogP contribution in [0.1, 0.15) is 11.1 Å². The predicted octanol–water partition coefficient (Wildman–Crippen LogP) is 1.02. The summed E-state index contributed by atoms with van der Waals surface area (Å²) in [4.78, 5) is 36.0. The molecule has 1 aliphatic rings. The standard InChI is InChI=1S/C15H10N2O4S/c1-7-2-3-9-11(4-7)21-6-8(12(9)18)5-10-13(19)16-15(22)17-14(10)20/h2-6H,1H3,(H2,16,17,19,20,22). The minimum absolute atomic E-state index is 0.0619. The van der Waals surface area contributed by atoms with Crippen molar-refractivity contribution in [3.63, 3.8) is 0 Å². The molecule has 1 aromatic carbocycles. The van der Waals surface area contributed by atoms with Crippen molar-refractivity contribution in [3.05, 3.63) is 51.4 Å². The van der Waals surface area contributed by atoms with E-state index in [1.54, 1.807) is 18.2 Å². The second-order valence-electron chi connectivity index (χ2n) is 4.82. The highest BCUT2D eigenvalue weighted by Crippen LogP contribution is 2.15. The first kappa shape index (κ1) is 14.2. The number of amides is 2. The molecule has 2 N–H and O–H groups in total. The number of benzene rings is 1. The maximum atomic E-state index is 12.4. The van der Waals surface area contributed by atoms with Crippen LogP contribution < -0.4 is 16.1 Å². The molecule has 1 saturated heterocycles. The molecule has 2 heterocycles. The number of aryl methyl sites for hydroxylation is 1. The van der Waals surface area contributed by atoms with E-state index < -0.39 is 11.8 Å². The Kier molecular flexibility index (Phi) is 3.34. The average molecular weight is 314 g/mol. The van der Waals surface area contributed by atoms with Crippen molar-refractivity contribution >= 4 is 46.2 Å². The van der Waals surface area contributed by atoms with E-state index in [-0.39, 0.29) is 21.7 Å². The second kappa shape index (κ2) is 5.19. The molecule has 0 aliphatic carbocycles. The fraction of sp³-hybridized carbons (Fsp3) is 0.0667. The Morgan fingerprint density at radius 3 is 2.50 bits per heavy atom. The van der Waals surface area contributed by atoms with Crippen molar-refractivity contribution < 1.29 is 14.0 Å². The molecule has 0 saturated carbocycles. The summed E-state index contributed by atoms with van der Waals surface area (Å²) in [6, 6.07) is 5.18. The summed E-state index contributed by atoms with van der Waals surface area (Å²) in [5.74, 6) is -1.31. The van der Waals surface area contributed by atoms with E-state index >= 15 is 0 Å². The molecule has 1 aromatic heterocycles. The van der Waals surface area contributed by atoms with Crippen LogP contribution in [0.4, 0.5) is 0 Å². The molecule has 1 aliphatic heterocycles. The number of hydrogen-bond acceptors (Lipinski definition) is 5. The fourth-order valence-electron chi connectivity index (χ4n) is 2.11. The lowest BCUT2D eigenvalue weighted by molar-refractivity contribution is -0.123. The van der Waals surface area contributed by atoms with Gasteiger partial charge in [0.15, 0.2) is 10.5 Å². The highest BCUT2D eigenvalue weighted by atomic mass is 32.1. The topological polar surface area (TPSA) is 88.4 Å². The van der Waals surface area contributed by atoms with Crippen molar-refractivity contribution in [2.45, 2.75) is 6.92 Å². The van der Waals surface area contributed by atoms with Crippen LogP contribution in [0, 0.1) is 6.92 Å². The minimum Gasteiger partial charge on any atom is -0.463 e. The van der Waals surface area contributed by atoms with Crippen molar-refractivity contribution in [1.29, 1.82) is 0 Å². The summed E-state index contributed by atoms with van der Waals surface area (Å²) >= 11 is 4.71. The smallest absolute Gasteiger partial charge is 0.263 e. The molecule has 6 nitrogen and oxygen atoms in total. The van der Waals surface area contributed by atoms with Crippen molar-refractivity contribution in [3.8, 4) is 0 Å². The van der Waals surface area contributed by atoms with Gasteiger partial charge in [-0.1, -0.05) is 6.07 Å². The number of fused-ring (bicyclic) bond motifs is 1. The lowest BCUT2D eigenvalue weighted by Crippen LogP contribution is -2.51. The first-order valence-corrected chi connectivity index (χ1v) is 6.77. The van der Waals surface area contributed by atoms with E-state index in [1.165, 1.54) is 12.3 Å². The zero-order valence-corrected chi connectivity index (χ0v) is 12.2. The molecule has 0 spiro atoms. The Hall–Kier alpha value is -2.80. The van der Waals surface area contributed by atoms with Gasteiger partial charge in [0, 0.05) is 0 Å². The molecule has 3 rings (SSSR count). The number of hydrogen-bond donors (Lipinski definition) is 2. The molecule has 0 radical (unpaired) electrons. The van der Waals surface area contributed by atoms with Gasteiger partial charge in [-0.15, -0.1) is 0 Å². The van der Waals surface area contributed by atoms with Gasteiger partial charge in [-0.3, -0.25) is 25.0 Å². The van der Waals surface area contributed by atoms with Crippen LogP contribution in [0.15, 0.2) is 39.2 Å². The van der Waals surface area contributed by atoms with Crippen LogP contribution in [-0.4, -0.2) is 16.9 Å². The molecular formula is C15H10N2O4S. The van der Waals surface area contributed by atoms with Gasteiger partial charge in [0.1, 0.15) is 17.4 Å². The molecule has 110 valence electrons. The number of thiocarbonyl (C=S) groups is 1. The monoisotopic (exact) mass is 314 g/mol. The molecule has 0 unspecified atom stereocenters. The van der Waals surface area contributed by atoms with Gasteiger partial charge in [0.25, 0.3) is 11.8 Å². The summed E-state index contributed by atoms with van der Waals surface area (Å²) in [7, 11) is 0. The van der Waals surface area contributed by atoms with Gasteiger partial charge in [-0.25, -0.2) is 0 Å². The Balaban J connectivity index is 2.13. The molecule has 0 atom stereocenters. The quantitative estimate of drug-likeness (QED) is 0.466. The number of nitrogens with one attached hydrogen (secondary N) is 2. The van der Waals surface area contributed by atoms with Crippen molar-refractivity contribution in [2.24, 2.45) is 0 Å². The average Bonchev–Trinajstić information content (AvgIpc) is 2.44. The molecule has 1 fully saturated rings. The highest BCUT2D eigenvalue weighted by molar-refractivity contribution is 7.80. The van der Waals surface area contributed by atoms with Gasteiger partial charge in [-0.05, 0) is 42.9 Å². The normalized spacial score (nSPS) is 14.8. The van der Waals surface area contributed by atoms with E-state index in [1.807, 2.05) is 6.92 Å². The van der Waals surface area contributed by atoms with Crippen LogP contribution in [0.25, 0.3) is 17.0 Å². The third-order valence-electron chi connectivity index (χ3n) is 3.20. The van der Waals surface area contributed by atoms with E-state index in [0.717, 1.165) is 5.56 Å². The van der Waals surface area contributed by atoms with Crippen LogP contribution in [0.3, 0.4) is 0 Å². The van der Waals surface area contributed by atoms with Crippen LogP contribution in [-0.2, 0) is 9.59 Å². The van der Waals surface area contributed by atoms with Crippen LogP contribution in [0.2, 0.25) is 0 Å². The summed E-state index contributed by atoms with van der Waals surface area (Å²) in [6.07, 6.45) is 2.42. The highest BCUT2D eigenvalue weighted by Gasteiger charge is 2.26. The Morgan fingerprint density at radius 1 is 1.14 bits per heavy atom. The molecular weight excluding hydrogens is 304 g/mol. The number of carbonyl (C=O) groups excluding carboxylic acids is 2. The number of carbonyl (C=O) groups is 2. The summed E-state index contributed by atoms with van der Waals surface area (Å²) in [6.45, 7) is 1.88. The van der Waals surface area contributed by atoms with E-state index in [0.29, 0.717) is 11.0 Å². The Labute approximate surface area is 129 Å². The maximum Gasteiger partial charge on any atom is 0.263 e. The maximum absolute atomic E-state index is 12.4. The zero-order valence-electron chi connectivity index (χ0n) is 11.4. The van der Waals surface area contributed by atoms with Gasteiger partial charge < -0.3 is 4.42 Å². The Morgan fingerprint density at radius 2 is 1.82 bits per heavy atom. The van der Waals surface area contributed by atoms with Gasteiger partial charge in [-0.2, -0.15) is 0 Å². The predicted molar refractivity (Wildman–Crippen MR) is 84.1 cm³/mol. The largest absolute Gasteiger partial charge is 0.463 e. The molecule has 2 amide bonds. The molecule has 22 heavy (non-hydrogen) atoms. The van der Waals surface area contributed by atoms with Crippen LogP contribution >= 0.6 is 12.2 Å². The first-order chi connectivity index (χ1) is 10.5.